The molecule has 2 amide bonds. The fourth-order valence-electron chi connectivity index (χ4n) is 2.75. The van der Waals surface area contributed by atoms with E-state index in [1.54, 1.807) is 51.1 Å². The summed E-state index contributed by atoms with van der Waals surface area (Å²) >= 11 is 0. The molecule has 0 bridgehead atoms. The van der Waals surface area contributed by atoms with E-state index in [2.05, 4.69) is 10.6 Å². The summed E-state index contributed by atoms with van der Waals surface area (Å²) in [4.78, 5) is 35.1. The van der Waals surface area contributed by atoms with Crippen LogP contribution in [0.5, 0.6) is 0 Å². The first-order valence-corrected chi connectivity index (χ1v) is 8.85. The van der Waals surface area contributed by atoms with Gasteiger partial charge in [0.15, 0.2) is 0 Å². The zero-order chi connectivity index (χ0) is 20.7. The minimum Gasteiger partial charge on any atom is -0.450 e. The summed E-state index contributed by atoms with van der Waals surface area (Å²) in [7, 11) is 0. The molecule has 2 aromatic rings. The molecule has 0 aromatic heterocycles. The zero-order valence-electron chi connectivity index (χ0n) is 16.0. The number of rotatable bonds is 7. The van der Waals surface area contributed by atoms with E-state index in [0.29, 0.717) is 16.8 Å². The highest BCUT2D eigenvalue weighted by Gasteiger charge is 2.20. The Bertz CT molecular complexity index is 868. The number of nitro groups is 1. The first kappa shape index (κ1) is 20.9. The van der Waals surface area contributed by atoms with Gasteiger partial charge in [0.1, 0.15) is 0 Å². The molecule has 0 unspecified atom stereocenters. The van der Waals surface area contributed by atoms with Crippen molar-refractivity contribution in [1.29, 1.82) is 0 Å². The van der Waals surface area contributed by atoms with Crippen molar-refractivity contribution in [3.05, 3.63) is 69.3 Å². The van der Waals surface area contributed by atoms with E-state index < -0.39 is 17.1 Å². The number of carbonyl (C=O) groups excluding carboxylic acids is 2. The Morgan fingerprint density at radius 1 is 1.18 bits per heavy atom. The molecule has 148 valence electrons. The SMILES string of the molecule is CCOC(=O)N[C@@H](CC(=O)Nc1cc(C)c(C)c([N+](=O)[O-])c1)c1ccccc1. The van der Waals surface area contributed by atoms with Crippen molar-refractivity contribution in [2.75, 3.05) is 11.9 Å². The minimum atomic E-state index is -0.619. The Balaban J connectivity index is 2.17. The maximum atomic E-state index is 12.5. The summed E-state index contributed by atoms with van der Waals surface area (Å²) in [6.45, 7) is 5.31. The van der Waals surface area contributed by atoms with E-state index in [9.17, 15) is 19.7 Å². The summed E-state index contributed by atoms with van der Waals surface area (Å²) in [6.07, 6.45) is -0.672. The second-order valence-corrected chi connectivity index (χ2v) is 6.27. The molecule has 0 radical (unpaired) electrons. The predicted octanol–water partition coefficient (Wildman–Crippen LogP) is 4.03. The van der Waals surface area contributed by atoms with E-state index in [0.717, 1.165) is 5.56 Å². The lowest BCUT2D eigenvalue weighted by molar-refractivity contribution is -0.385. The Morgan fingerprint density at radius 3 is 2.46 bits per heavy atom. The number of nitro benzene ring substituents is 1. The van der Waals surface area contributed by atoms with E-state index >= 15 is 0 Å². The van der Waals surface area contributed by atoms with Gasteiger partial charge in [0, 0.05) is 17.3 Å². The quantitative estimate of drug-likeness (QED) is 0.552. The molecule has 0 aliphatic rings. The maximum absolute atomic E-state index is 12.5. The van der Waals surface area contributed by atoms with E-state index in [-0.39, 0.29) is 24.6 Å². The largest absolute Gasteiger partial charge is 0.450 e. The molecule has 0 saturated carbocycles. The van der Waals surface area contributed by atoms with Crippen LogP contribution in [0.1, 0.15) is 36.1 Å². The fourth-order valence-corrected chi connectivity index (χ4v) is 2.75. The minimum absolute atomic E-state index is 0.0520. The predicted molar refractivity (Wildman–Crippen MR) is 105 cm³/mol. The smallest absolute Gasteiger partial charge is 0.407 e. The third-order valence-electron chi connectivity index (χ3n) is 4.28. The third-order valence-corrected chi connectivity index (χ3v) is 4.28. The first-order valence-electron chi connectivity index (χ1n) is 8.85. The van der Waals surface area contributed by atoms with Crippen LogP contribution in [-0.2, 0) is 9.53 Å². The number of nitrogens with zero attached hydrogens (tertiary/aromatic N) is 1. The molecule has 0 aliphatic carbocycles. The molecule has 0 fully saturated rings. The van der Waals surface area contributed by atoms with Crippen LogP contribution in [0.25, 0.3) is 0 Å². The summed E-state index contributed by atoms with van der Waals surface area (Å²) in [5.41, 5.74) is 2.28. The molecule has 28 heavy (non-hydrogen) atoms. The van der Waals surface area contributed by atoms with Crippen LogP contribution in [-0.4, -0.2) is 23.5 Å². The lowest BCUT2D eigenvalue weighted by atomic mass is 10.0. The highest BCUT2D eigenvalue weighted by atomic mass is 16.6. The van der Waals surface area contributed by atoms with Crippen LogP contribution in [0, 0.1) is 24.0 Å². The number of hydrogen-bond acceptors (Lipinski definition) is 5. The van der Waals surface area contributed by atoms with E-state index in [1.165, 1.54) is 6.07 Å². The van der Waals surface area contributed by atoms with E-state index in [1.807, 2.05) is 6.07 Å². The molecule has 1 atom stereocenters. The normalized spacial score (nSPS) is 11.4. The van der Waals surface area contributed by atoms with Crippen molar-refractivity contribution in [3.63, 3.8) is 0 Å². The Labute approximate surface area is 163 Å². The van der Waals surface area contributed by atoms with Crippen LogP contribution in [0.4, 0.5) is 16.2 Å². The monoisotopic (exact) mass is 385 g/mol. The molecule has 0 saturated heterocycles. The van der Waals surface area contributed by atoms with Crippen molar-refractivity contribution in [2.45, 2.75) is 33.2 Å². The number of nitrogens with one attached hydrogen (secondary N) is 2. The number of carbonyl (C=O) groups is 2. The number of ether oxygens (including phenoxy) is 1. The topological polar surface area (TPSA) is 111 Å². The van der Waals surface area contributed by atoms with Crippen molar-refractivity contribution in [2.24, 2.45) is 0 Å². The lowest BCUT2D eigenvalue weighted by Crippen LogP contribution is -2.32. The second kappa shape index (κ2) is 9.50. The number of alkyl carbamates (subject to hydrolysis) is 1. The molecule has 2 rings (SSSR count). The summed E-state index contributed by atoms with van der Waals surface area (Å²) < 4.78 is 4.91. The number of hydrogen-bond donors (Lipinski definition) is 2. The van der Waals surface area contributed by atoms with Crippen LogP contribution in [0.2, 0.25) is 0 Å². The van der Waals surface area contributed by atoms with Gasteiger partial charge in [-0.15, -0.1) is 0 Å². The van der Waals surface area contributed by atoms with Gasteiger partial charge in [-0.2, -0.15) is 0 Å². The molecule has 8 heteroatoms. The lowest BCUT2D eigenvalue weighted by Gasteiger charge is -2.19. The third kappa shape index (κ3) is 5.54. The summed E-state index contributed by atoms with van der Waals surface area (Å²) in [6, 6.07) is 11.4. The second-order valence-electron chi connectivity index (χ2n) is 6.27. The number of benzene rings is 2. The molecule has 8 nitrogen and oxygen atoms in total. The zero-order valence-corrected chi connectivity index (χ0v) is 16.0. The highest BCUT2D eigenvalue weighted by Crippen LogP contribution is 2.27. The average Bonchev–Trinajstić information content (AvgIpc) is 2.64. The molecular weight excluding hydrogens is 362 g/mol. The van der Waals surface area contributed by atoms with Gasteiger partial charge in [0.25, 0.3) is 5.69 Å². The Hall–Kier alpha value is -3.42. The Kier molecular flexibility index (Phi) is 7.08. The summed E-state index contributed by atoms with van der Waals surface area (Å²) in [5.74, 6) is -0.386. The van der Waals surface area contributed by atoms with Gasteiger partial charge in [0.2, 0.25) is 5.91 Å². The number of aryl methyl sites for hydroxylation is 1. The van der Waals surface area contributed by atoms with Gasteiger partial charge in [-0.25, -0.2) is 4.79 Å². The highest BCUT2D eigenvalue weighted by molar-refractivity contribution is 5.92. The van der Waals surface area contributed by atoms with Crippen molar-refractivity contribution in [1.82, 2.24) is 5.32 Å². The van der Waals surface area contributed by atoms with Gasteiger partial charge in [0.05, 0.1) is 24.0 Å². The Morgan fingerprint density at radius 2 is 1.86 bits per heavy atom. The van der Waals surface area contributed by atoms with Crippen LogP contribution < -0.4 is 10.6 Å². The molecular formula is C20H23N3O5. The molecule has 2 N–H and O–H groups in total. The van der Waals surface area contributed by atoms with Gasteiger partial charge < -0.3 is 15.4 Å². The van der Waals surface area contributed by atoms with Crippen LogP contribution >= 0.6 is 0 Å². The van der Waals surface area contributed by atoms with Crippen LogP contribution in [0.3, 0.4) is 0 Å². The average molecular weight is 385 g/mol. The number of anilines is 1. The van der Waals surface area contributed by atoms with Crippen LogP contribution in [0.15, 0.2) is 42.5 Å². The standard InChI is InChI=1S/C20H23N3O5/c1-4-28-20(25)22-17(15-8-6-5-7-9-15)12-19(24)21-16-10-13(2)14(3)18(11-16)23(26)27/h5-11,17H,4,12H2,1-3H3,(H,21,24)(H,22,25)/t17-/m0/s1. The van der Waals surface area contributed by atoms with E-state index in [4.69, 9.17) is 4.74 Å². The van der Waals surface area contributed by atoms with Gasteiger partial charge in [-0.05, 0) is 38.0 Å². The molecule has 0 aliphatic heterocycles. The first-order chi connectivity index (χ1) is 13.3. The molecule has 0 spiro atoms. The molecule has 0 heterocycles. The van der Waals surface area contributed by atoms with Gasteiger partial charge >= 0.3 is 6.09 Å². The molecule has 2 aromatic carbocycles. The van der Waals surface area contributed by atoms with Gasteiger partial charge in [-0.3, -0.25) is 14.9 Å². The summed E-state index contributed by atoms with van der Waals surface area (Å²) in [5, 5.41) is 16.5. The number of amides is 2. The van der Waals surface area contributed by atoms with Crippen molar-refractivity contribution < 1.29 is 19.2 Å². The van der Waals surface area contributed by atoms with Gasteiger partial charge in [-0.1, -0.05) is 30.3 Å². The van der Waals surface area contributed by atoms with Crippen molar-refractivity contribution >= 4 is 23.4 Å². The van der Waals surface area contributed by atoms with Crippen molar-refractivity contribution in [3.8, 4) is 0 Å². The fraction of sp³-hybridized carbons (Fsp3) is 0.300. The maximum Gasteiger partial charge on any atom is 0.407 e.